The molecule has 0 aliphatic carbocycles. The van der Waals surface area contributed by atoms with Crippen molar-refractivity contribution < 1.29 is 14.0 Å². The molecular weight excluding hydrogens is 391 g/mol. The maximum Gasteiger partial charge on any atom is 0.253 e. The molecule has 0 aromatic heterocycles. The molecule has 31 heavy (non-hydrogen) atoms. The Kier molecular flexibility index (Phi) is 5.85. The van der Waals surface area contributed by atoms with E-state index in [1.165, 1.54) is 6.07 Å². The van der Waals surface area contributed by atoms with Crippen LogP contribution in [0.4, 0.5) is 4.39 Å². The van der Waals surface area contributed by atoms with Crippen molar-refractivity contribution >= 4 is 11.8 Å². The molecule has 1 aliphatic rings. The minimum atomic E-state index is -0.763. The number of hydrogen-bond donors (Lipinski definition) is 1. The van der Waals surface area contributed by atoms with Crippen LogP contribution in [0.2, 0.25) is 0 Å². The van der Waals surface area contributed by atoms with Crippen LogP contribution in [0.1, 0.15) is 22.3 Å². The van der Waals surface area contributed by atoms with Gasteiger partial charge in [0.05, 0.1) is 5.41 Å². The van der Waals surface area contributed by atoms with E-state index >= 15 is 0 Å². The summed E-state index contributed by atoms with van der Waals surface area (Å²) in [4.78, 5) is 27.8. The van der Waals surface area contributed by atoms with Gasteiger partial charge in [-0.05, 0) is 42.2 Å². The fourth-order valence-electron chi connectivity index (χ4n) is 4.47. The zero-order chi connectivity index (χ0) is 21.8. The van der Waals surface area contributed by atoms with Crippen molar-refractivity contribution in [3.63, 3.8) is 0 Å². The van der Waals surface area contributed by atoms with Crippen LogP contribution in [0.25, 0.3) is 11.1 Å². The number of halogens is 1. The lowest BCUT2D eigenvalue weighted by molar-refractivity contribution is -0.129. The summed E-state index contributed by atoms with van der Waals surface area (Å²) in [5.74, 6) is -0.468. The zero-order valence-electron chi connectivity index (χ0n) is 17.5. The predicted molar refractivity (Wildman–Crippen MR) is 119 cm³/mol. The fourth-order valence-corrected chi connectivity index (χ4v) is 4.47. The van der Waals surface area contributed by atoms with Crippen LogP contribution < -0.4 is 5.32 Å². The Morgan fingerprint density at radius 3 is 2.29 bits per heavy atom. The van der Waals surface area contributed by atoms with Crippen molar-refractivity contribution in [2.75, 3.05) is 20.1 Å². The van der Waals surface area contributed by atoms with Gasteiger partial charge in [0.15, 0.2) is 0 Å². The molecule has 3 aromatic carbocycles. The normalized spacial score (nSPS) is 18.1. The molecule has 1 aliphatic heterocycles. The molecule has 5 heteroatoms. The van der Waals surface area contributed by atoms with E-state index in [1.54, 1.807) is 42.3 Å². The molecule has 0 spiro atoms. The summed E-state index contributed by atoms with van der Waals surface area (Å²) in [6, 6.07) is 23.4. The summed E-state index contributed by atoms with van der Waals surface area (Å²) >= 11 is 0. The van der Waals surface area contributed by atoms with Gasteiger partial charge in [-0.25, -0.2) is 4.39 Å². The average Bonchev–Trinajstić information content (AvgIpc) is 3.24. The number of nitrogens with zero attached hydrogens (tertiary/aromatic N) is 1. The van der Waals surface area contributed by atoms with Crippen LogP contribution in [0.3, 0.4) is 0 Å². The number of carbonyl (C=O) groups excluding carboxylic acids is 2. The lowest BCUT2D eigenvalue weighted by Crippen LogP contribution is -2.44. The van der Waals surface area contributed by atoms with E-state index in [-0.39, 0.29) is 17.6 Å². The Bertz CT molecular complexity index is 1100. The largest absolute Gasteiger partial charge is 0.359 e. The van der Waals surface area contributed by atoms with Gasteiger partial charge in [-0.15, -0.1) is 0 Å². The second-order valence-corrected chi connectivity index (χ2v) is 8.02. The summed E-state index contributed by atoms with van der Waals surface area (Å²) in [5, 5.41) is 2.79. The highest BCUT2D eigenvalue weighted by molar-refractivity contribution is 5.95. The number of likely N-dealkylation sites (tertiary alicyclic amines) is 1. The molecule has 3 aromatic rings. The maximum atomic E-state index is 14.5. The molecule has 1 fully saturated rings. The number of nitrogens with one attached hydrogen (secondary N) is 1. The van der Waals surface area contributed by atoms with Gasteiger partial charge >= 0.3 is 0 Å². The number of hydrogen-bond acceptors (Lipinski definition) is 2. The van der Waals surface area contributed by atoms with Gasteiger partial charge in [0, 0.05) is 31.3 Å². The number of amides is 2. The summed E-state index contributed by atoms with van der Waals surface area (Å²) in [7, 11) is 1.62. The summed E-state index contributed by atoms with van der Waals surface area (Å²) in [6.07, 6.45) is 0.979. The van der Waals surface area contributed by atoms with Crippen molar-refractivity contribution in [2.45, 2.75) is 12.8 Å². The summed E-state index contributed by atoms with van der Waals surface area (Å²) < 4.78 is 14.5. The third-order valence-electron chi connectivity index (χ3n) is 6.08. The Labute approximate surface area is 181 Å². The predicted octanol–water partition coefficient (Wildman–Crippen LogP) is 4.31. The van der Waals surface area contributed by atoms with Crippen molar-refractivity contribution in [2.24, 2.45) is 5.41 Å². The minimum absolute atomic E-state index is 0.0752. The second-order valence-electron chi connectivity index (χ2n) is 8.02. The maximum absolute atomic E-state index is 14.5. The van der Waals surface area contributed by atoms with Gasteiger partial charge in [0.1, 0.15) is 5.82 Å². The van der Waals surface area contributed by atoms with E-state index in [9.17, 15) is 14.0 Å². The molecule has 1 heterocycles. The third kappa shape index (κ3) is 4.08. The molecule has 0 radical (unpaired) electrons. The third-order valence-corrected chi connectivity index (χ3v) is 6.08. The molecule has 1 N–H and O–H groups in total. The van der Waals surface area contributed by atoms with Gasteiger partial charge in [-0.2, -0.15) is 0 Å². The van der Waals surface area contributed by atoms with E-state index in [2.05, 4.69) is 5.32 Å². The first-order chi connectivity index (χ1) is 15.0. The van der Waals surface area contributed by atoms with E-state index in [0.29, 0.717) is 37.1 Å². The van der Waals surface area contributed by atoms with Crippen molar-refractivity contribution in [1.82, 2.24) is 10.2 Å². The molecule has 0 bridgehead atoms. The van der Waals surface area contributed by atoms with Gasteiger partial charge < -0.3 is 10.2 Å². The molecule has 0 unspecified atom stereocenters. The summed E-state index contributed by atoms with van der Waals surface area (Å²) in [6.45, 7) is 0.828. The molecule has 4 nitrogen and oxygen atoms in total. The highest BCUT2D eigenvalue weighted by Crippen LogP contribution is 2.38. The number of rotatable bonds is 5. The minimum Gasteiger partial charge on any atom is -0.359 e. The lowest BCUT2D eigenvalue weighted by atomic mass is 9.78. The van der Waals surface area contributed by atoms with E-state index in [1.807, 2.05) is 42.5 Å². The molecule has 1 saturated heterocycles. The molecule has 0 saturated carbocycles. The molecule has 1 atom stereocenters. The monoisotopic (exact) mass is 416 g/mol. The van der Waals surface area contributed by atoms with Crippen molar-refractivity contribution in [3.8, 4) is 11.1 Å². The molecular formula is C26H25FN2O2. The van der Waals surface area contributed by atoms with Gasteiger partial charge in [-0.3, -0.25) is 9.59 Å². The topological polar surface area (TPSA) is 49.4 Å². The zero-order valence-corrected chi connectivity index (χ0v) is 17.5. The first-order valence-corrected chi connectivity index (χ1v) is 10.4. The van der Waals surface area contributed by atoms with Crippen LogP contribution in [0.15, 0.2) is 78.9 Å². The van der Waals surface area contributed by atoms with Gasteiger partial charge in [0.25, 0.3) is 5.91 Å². The smallest absolute Gasteiger partial charge is 0.253 e. The SMILES string of the molecule is CNC(=O)[C@@]1(Cc2ccccc2-c2ccccc2F)CCN(C(=O)c2ccccc2)C1. The summed E-state index contributed by atoms with van der Waals surface area (Å²) in [5.41, 5.74) is 2.03. The Morgan fingerprint density at radius 1 is 0.935 bits per heavy atom. The Morgan fingerprint density at radius 2 is 1.58 bits per heavy atom. The highest BCUT2D eigenvalue weighted by atomic mass is 19.1. The van der Waals surface area contributed by atoms with Crippen LogP contribution in [0, 0.1) is 11.2 Å². The van der Waals surface area contributed by atoms with E-state index < -0.39 is 5.41 Å². The fraction of sp³-hybridized carbons (Fsp3) is 0.231. The number of carbonyl (C=O) groups is 2. The second kappa shape index (κ2) is 8.72. The van der Waals surface area contributed by atoms with E-state index in [4.69, 9.17) is 0 Å². The van der Waals surface area contributed by atoms with Crippen LogP contribution in [-0.4, -0.2) is 36.9 Å². The van der Waals surface area contributed by atoms with Gasteiger partial charge in [0.2, 0.25) is 5.91 Å². The standard InChI is InChI=1S/C26H25FN2O2/c1-28-25(31)26(15-16-29(18-26)24(30)19-9-3-2-4-10-19)17-20-11-5-6-12-21(20)22-13-7-8-14-23(22)27/h2-14H,15-18H2,1H3,(H,28,31)/t26-/m1/s1. The Hall–Kier alpha value is -3.47. The Balaban J connectivity index is 1.66. The van der Waals surface area contributed by atoms with Gasteiger partial charge in [-0.1, -0.05) is 60.7 Å². The number of benzene rings is 3. The van der Waals surface area contributed by atoms with Crippen LogP contribution in [0.5, 0.6) is 0 Å². The van der Waals surface area contributed by atoms with E-state index in [0.717, 1.165) is 11.1 Å². The molecule has 4 rings (SSSR count). The average molecular weight is 416 g/mol. The highest BCUT2D eigenvalue weighted by Gasteiger charge is 2.46. The molecule has 2 amide bonds. The van der Waals surface area contributed by atoms with Crippen LogP contribution >= 0.6 is 0 Å². The van der Waals surface area contributed by atoms with Crippen molar-refractivity contribution in [1.29, 1.82) is 0 Å². The lowest BCUT2D eigenvalue weighted by Gasteiger charge is -2.28. The van der Waals surface area contributed by atoms with Crippen LogP contribution in [-0.2, 0) is 11.2 Å². The van der Waals surface area contributed by atoms with Crippen molar-refractivity contribution in [3.05, 3.63) is 95.8 Å². The first-order valence-electron chi connectivity index (χ1n) is 10.4. The first kappa shape index (κ1) is 20.8. The quantitative estimate of drug-likeness (QED) is 0.674. The molecule has 158 valence electrons.